The number of piperidine rings is 1. The van der Waals surface area contributed by atoms with Crippen molar-refractivity contribution in [2.45, 2.75) is 70.2 Å². The topological polar surface area (TPSA) is 41.6 Å². The Balaban J connectivity index is 2.01. The molecule has 2 aliphatic rings. The summed E-state index contributed by atoms with van der Waals surface area (Å²) in [5, 5.41) is 3.33. The van der Waals surface area contributed by atoms with Crippen molar-refractivity contribution in [1.82, 2.24) is 10.2 Å². The third-order valence-corrected chi connectivity index (χ3v) is 3.75. The van der Waals surface area contributed by atoms with Gasteiger partial charge in [-0.25, -0.2) is 4.79 Å². The molecule has 0 aromatic rings. The first-order valence-electron chi connectivity index (χ1n) is 6.59. The Hall–Kier alpha value is -0.770. The summed E-state index contributed by atoms with van der Waals surface area (Å²) >= 11 is 0. The molecule has 2 bridgehead atoms. The lowest BCUT2D eigenvalue weighted by Gasteiger charge is -2.39. The normalized spacial score (nSPS) is 32.7. The molecule has 2 saturated heterocycles. The van der Waals surface area contributed by atoms with Crippen molar-refractivity contribution in [3.63, 3.8) is 0 Å². The second kappa shape index (κ2) is 4.48. The average molecular weight is 240 g/mol. The van der Waals surface area contributed by atoms with Crippen LogP contribution in [-0.4, -0.2) is 41.8 Å². The number of nitrogens with zero attached hydrogens (tertiary/aromatic N) is 1. The predicted molar refractivity (Wildman–Crippen MR) is 67.0 cm³/mol. The molecule has 98 valence electrons. The van der Waals surface area contributed by atoms with E-state index in [-0.39, 0.29) is 6.09 Å². The zero-order chi connectivity index (χ0) is 12.6. The Morgan fingerprint density at radius 1 is 1.24 bits per heavy atom. The van der Waals surface area contributed by atoms with Gasteiger partial charge >= 0.3 is 6.09 Å². The maximum atomic E-state index is 12.2. The van der Waals surface area contributed by atoms with Gasteiger partial charge in [-0.2, -0.15) is 0 Å². The van der Waals surface area contributed by atoms with Crippen molar-refractivity contribution in [3.8, 4) is 0 Å². The first kappa shape index (κ1) is 12.7. The van der Waals surface area contributed by atoms with Crippen molar-refractivity contribution in [2.75, 3.05) is 7.05 Å². The van der Waals surface area contributed by atoms with E-state index in [1.54, 1.807) is 0 Å². The maximum absolute atomic E-state index is 12.2. The molecule has 17 heavy (non-hydrogen) atoms. The molecule has 0 radical (unpaired) electrons. The van der Waals surface area contributed by atoms with E-state index in [4.69, 9.17) is 4.74 Å². The largest absolute Gasteiger partial charge is 0.444 e. The Kier molecular flexibility index (Phi) is 3.34. The van der Waals surface area contributed by atoms with Crippen molar-refractivity contribution in [2.24, 2.45) is 0 Å². The Morgan fingerprint density at radius 3 is 2.18 bits per heavy atom. The zero-order valence-electron chi connectivity index (χ0n) is 11.3. The van der Waals surface area contributed by atoms with Gasteiger partial charge in [-0.3, -0.25) is 0 Å². The summed E-state index contributed by atoms with van der Waals surface area (Å²) in [5.41, 5.74) is -0.392. The summed E-state index contributed by atoms with van der Waals surface area (Å²) in [6.07, 6.45) is 4.25. The van der Waals surface area contributed by atoms with Crippen LogP contribution in [-0.2, 0) is 4.74 Å². The van der Waals surface area contributed by atoms with Crippen molar-refractivity contribution in [1.29, 1.82) is 0 Å². The lowest BCUT2D eigenvalue weighted by atomic mass is 9.98. The smallest absolute Gasteiger partial charge is 0.410 e. The van der Waals surface area contributed by atoms with E-state index >= 15 is 0 Å². The SMILES string of the molecule is CNC1CC2CCC(C1)N2C(=O)OC(C)(C)C. The third-order valence-electron chi connectivity index (χ3n) is 3.75. The van der Waals surface area contributed by atoms with Crippen LogP contribution in [0.5, 0.6) is 0 Å². The van der Waals surface area contributed by atoms with Crippen LogP contribution >= 0.6 is 0 Å². The molecular formula is C13H24N2O2. The van der Waals surface area contributed by atoms with Gasteiger partial charge in [-0.1, -0.05) is 0 Å². The molecule has 1 amide bonds. The molecule has 1 N–H and O–H groups in total. The molecule has 4 nitrogen and oxygen atoms in total. The van der Waals surface area contributed by atoms with Crippen LogP contribution in [0.2, 0.25) is 0 Å². The molecule has 2 rings (SSSR count). The number of hydrogen-bond acceptors (Lipinski definition) is 3. The van der Waals surface area contributed by atoms with E-state index in [2.05, 4.69) is 5.32 Å². The van der Waals surface area contributed by atoms with Crippen molar-refractivity contribution in [3.05, 3.63) is 0 Å². The summed E-state index contributed by atoms with van der Waals surface area (Å²) in [7, 11) is 2.01. The van der Waals surface area contributed by atoms with Crippen LogP contribution in [0.4, 0.5) is 4.79 Å². The van der Waals surface area contributed by atoms with Gasteiger partial charge in [0.25, 0.3) is 0 Å². The third kappa shape index (κ3) is 2.73. The fourth-order valence-corrected chi connectivity index (χ4v) is 3.03. The van der Waals surface area contributed by atoms with Gasteiger partial charge in [-0.05, 0) is 53.5 Å². The lowest BCUT2D eigenvalue weighted by Crippen LogP contribution is -2.52. The molecule has 0 aromatic heterocycles. The van der Waals surface area contributed by atoms with Gasteiger partial charge in [0.05, 0.1) is 0 Å². The highest BCUT2D eigenvalue weighted by molar-refractivity contribution is 5.69. The van der Waals surface area contributed by atoms with E-state index in [1.807, 2.05) is 32.7 Å². The first-order chi connectivity index (χ1) is 7.90. The molecule has 0 aromatic carbocycles. The number of nitrogens with one attached hydrogen (secondary N) is 1. The number of rotatable bonds is 1. The highest BCUT2D eigenvalue weighted by Crippen LogP contribution is 2.36. The molecule has 2 unspecified atom stereocenters. The zero-order valence-corrected chi connectivity index (χ0v) is 11.3. The monoisotopic (exact) mass is 240 g/mol. The minimum absolute atomic E-state index is 0.125. The molecule has 2 aliphatic heterocycles. The fraction of sp³-hybridized carbons (Fsp3) is 0.923. The van der Waals surface area contributed by atoms with E-state index in [1.165, 1.54) is 0 Å². The molecule has 0 spiro atoms. The second-order valence-electron chi connectivity index (χ2n) is 6.23. The van der Waals surface area contributed by atoms with E-state index < -0.39 is 5.60 Å². The highest BCUT2D eigenvalue weighted by Gasteiger charge is 2.44. The average Bonchev–Trinajstić information content (AvgIpc) is 2.47. The van der Waals surface area contributed by atoms with Crippen LogP contribution < -0.4 is 5.32 Å². The van der Waals surface area contributed by atoms with Crippen LogP contribution in [0.1, 0.15) is 46.5 Å². The van der Waals surface area contributed by atoms with Gasteiger partial charge in [0, 0.05) is 18.1 Å². The van der Waals surface area contributed by atoms with Crippen LogP contribution in [0, 0.1) is 0 Å². The number of fused-ring (bicyclic) bond motifs is 2. The molecule has 0 aliphatic carbocycles. The molecule has 2 atom stereocenters. The van der Waals surface area contributed by atoms with Gasteiger partial charge in [0.1, 0.15) is 5.60 Å². The van der Waals surface area contributed by atoms with E-state index in [0.717, 1.165) is 25.7 Å². The van der Waals surface area contributed by atoms with E-state index in [0.29, 0.717) is 18.1 Å². The summed E-state index contributed by atoms with van der Waals surface area (Å²) in [6, 6.07) is 1.31. The summed E-state index contributed by atoms with van der Waals surface area (Å²) in [4.78, 5) is 14.1. The summed E-state index contributed by atoms with van der Waals surface area (Å²) in [5.74, 6) is 0. The predicted octanol–water partition coefficient (Wildman–Crippen LogP) is 2.14. The van der Waals surface area contributed by atoms with Crippen LogP contribution in [0.15, 0.2) is 0 Å². The second-order valence-corrected chi connectivity index (χ2v) is 6.23. The van der Waals surface area contributed by atoms with Crippen molar-refractivity contribution >= 4 is 6.09 Å². The van der Waals surface area contributed by atoms with Crippen molar-refractivity contribution < 1.29 is 9.53 Å². The molecule has 2 heterocycles. The van der Waals surface area contributed by atoms with Gasteiger partial charge in [0.2, 0.25) is 0 Å². The molecular weight excluding hydrogens is 216 g/mol. The maximum Gasteiger partial charge on any atom is 0.410 e. The number of hydrogen-bond donors (Lipinski definition) is 1. The van der Waals surface area contributed by atoms with Crippen LogP contribution in [0.3, 0.4) is 0 Å². The lowest BCUT2D eigenvalue weighted by molar-refractivity contribution is 0.00503. The first-order valence-corrected chi connectivity index (χ1v) is 6.59. The molecule has 2 fully saturated rings. The standard InChI is InChI=1S/C13H24N2O2/c1-13(2,3)17-12(16)15-10-5-6-11(15)8-9(7-10)14-4/h9-11,14H,5-8H2,1-4H3. The minimum atomic E-state index is -0.392. The minimum Gasteiger partial charge on any atom is -0.444 e. The number of carbonyl (C=O) groups is 1. The molecule has 0 saturated carbocycles. The number of carbonyl (C=O) groups excluding carboxylic acids is 1. The fourth-order valence-electron chi connectivity index (χ4n) is 3.03. The Labute approximate surface area is 104 Å². The number of ether oxygens (including phenoxy) is 1. The highest BCUT2D eigenvalue weighted by atomic mass is 16.6. The Morgan fingerprint density at radius 2 is 1.76 bits per heavy atom. The van der Waals surface area contributed by atoms with Gasteiger partial charge in [0.15, 0.2) is 0 Å². The van der Waals surface area contributed by atoms with Gasteiger partial charge in [-0.15, -0.1) is 0 Å². The Bertz CT molecular complexity index is 284. The number of amides is 1. The quantitative estimate of drug-likeness (QED) is 0.763. The van der Waals surface area contributed by atoms with Gasteiger partial charge < -0.3 is 15.0 Å². The van der Waals surface area contributed by atoms with Crippen LogP contribution in [0.25, 0.3) is 0 Å². The van der Waals surface area contributed by atoms with E-state index in [9.17, 15) is 4.79 Å². The summed E-state index contributed by atoms with van der Waals surface area (Å²) in [6.45, 7) is 5.77. The molecule has 4 heteroatoms. The summed E-state index contributed by atoms with van der Waals surface area (Å²) < 4.78 is 5.49.